The predicted molar refractivity (Wildman–Crippen MR) is 80.1 cm³/mol. The zero-order valence-corrected chi connectivity index (χ0v) is 11.7. The van der Waals surface area contributed by atoms with Gasteiger partial charge in [0.05, 0.1) is 6.54 Å². The van der Waals surface area contributed by atoms with Crippen LogP contribution < -0.4 is 10.1 Å². The highest BCUT2D eigenvalue weighted by molar-refractivity contribution is 5.80. The van der Waals surface area contributed by atoms with Crippen LogP contribution in [0.1, 0.15) is 0 Å². The van der Waals surface area contributed by atoms with Crippen molar-refractivity contribution in [2.75, 3.05) is 26.0 Å². The molecular weight excluding hydrogens is 252 g/mol. The third kappa shape index (κ3) is 4.02. The second-order valence-electron chi connectivity index (χ2n) is 4.58. The first-order chi connectivity index (χ1) is 9.65. The fourth-order valence-corrected chi connectivity index (χ4v) is 1.63. The van der Waals surface area contributed by atoms with E-state index in [4.69, 9.17) is 4.74 Å². The van der Waals surface area contributed by atoms with Crippen molar-refractivity contribution in [1.82, 2.24) is 4.90 Å². The van der Waals surface area contributed by atoms with Gasteiger partial charge in [-0.1, -0.05) is 24.3 Å². The lowest BCUT2D eigenvalue weighted by Gasteiger charge is -2.12. The van der Waals surface area contributed by atoms with Gasteiger partial charge < -0.3 is 15.0 Å². The lowest BCUT2D eigenvalue weighted by atomic mass is 10.3. The number of rotatable bonds is 5. The van der Waals surface area contributed by atoms with Crippen LogP contribution >= 0.6 is 0 Å². The third-order valence-corrected chi connectivity index (χ3v) is 2.76. The number of benzene rings is 2. The first-order valence-electron chi connectivity index (χ1n) is 6.42. The summed E-state index contributed by atoms with van der Waals surface area (Å²) in [6.45, 7) is 0.266. The normalized spacial score (nSPS) is 9.90. The largest absolute Gasteiger partial charge is 0.457 e. The van der Waals surface area contributed by atoms with Crippen molar-refractivity contribution in [3.8, 4) is 11.5 Å². The Bertz CT molecular complexity index is 568. The monoisotopic (exact) mass is 270 g/mol. The SMILES string of the molecule is CN(C)C(=O)CNc1cccc(Oc2ccccc2)c1. The molecule has 0 saturated heterocycles. The summed E-state index contributed by atoms with van der Waals surface area (Å²) < 4.78 is 5.74. The summed E-state index contributed by atoms with van der Waals surface area (Å²) in [5.74, 6) is 1.55. The van der Waals surface area contributed by atoms with Crippen LogP contribution in [0, 0.1) is 0 Å². The summed E-state index contributed by atoms with van der Waals surface area (Å²) in [5, 5.41) is 3.08. The highest BCUT2D eigenvalue weighted by Gasteiger charge is 2.04. The zero-order valence-electron chi connectivity index (χ0n) is 11.7. The number of amides is 1. The van der Waals surface area contributed by atoms with Crippen LogP contribution in [0.4, 0.5) is 5.69 Å². The molecule has 2 aromatic carbocycles. The molecule has 0 bridgehead atoms. The van der Waals surface area contributed by atoms with E-state index < -0.39 is 0 Å². The summed E-state index contributed by atoms with van der Waals surface area (Å²) >= 11 is 0. The molecule has 0 heterocycles. The molecule has 0 spiro atoms. The minimum absolute atomic E-state index is 0.0272. The number of hydrogen-bond donors (Lipinski definition) is 1. The summed E-state index contributed by atoms with van der Waals surface area (Å²) in [6.07, 6.45) is 0. The Morgan fingerprint density at radius 2 is 1.75 bits per heavy atom. The lowest BCUT2D eigenvalue weighted by molar-refractivity contribution is -0.126. The molecule has 0 radical (unpaired) electrons. The minimum Gasteiger partial charge on any atom is -0.457 e. The zero-order chi connectivity index (χ0) is 14.4. The Labute approximate surface area is 119 Å². The average molecular weight is 270 g/mol. The average Bonchev–Trinajstić information content (AvgIpc) is 2.46. The van der Waals surface area contributed by atoms with Gasteiger partial charge >= 0.3 is 0 Å². The molecule has 0 atom stereocenters. The number of likely N-dealkylation sites (N-methyl/N-ethyl adjacent to an activating group) is 1. The van der Waals surface area contributed by atoms with Crippen LogP contribution in [0.5, 0.6) is 11.5 Å². The van der Waals surface area contributed by atoms with Crippen LogP contribution in [0.2, 0.25) is 0 Å². The van der Waals surface area contributed by atoms with E-state index in [0.29, 0.717) is 0 Å². The minimum atomic E-state index is 0.0272. The Hall–Kier alpha value is -2.49. The van der Waals surface area contributed by atoms with E-state index in [1.54, 1.807) is 19.0 Å². The van der Waals surface area contributed by atoms with Crippen LogP contribution in [0.15, 0.2) is 54.6 Å². The van der Waals surface area contributed by atoms with Gasteiger partial charge in [0.1, 0.15) is 11.5 Å². The summed E-state index contributed by atoms with van der Waals surface area (Å²) in [7, 11) is 3.47. The Balaban J connectivity index is 1.99. The summed E-state index contributed by atoms with van der Waals surface area (Å²) in [6, 6.07) is 17.1. The molecule has 0 aliphatic carbocycles. The summed E-state index contributed by atoms with van der Waals surface area (Å²) in [5.41, 5.74) is 0.855. The van der Waals surface area contributed by atoms with E-state index in [0.717, 1.165) is 17.2 Å². The number of nitrogens with one attached hydrogen (secondary N) is 1. The first kappa shape index (κ1) is 13.9. The van der Waals surface area contributed by atoms with E-state index in [1.165, 1.54) is 0 Å². The highest BCUT2D eigenvalue weighted by atomic mass is 16.5. The van der Waals surface area contributed by atoms with Crippen LogP contribution in [0.25, 0.3) is 0 Å². The van der Waals surface area contributed by atoms with Crippen molar-refractivity contribution in [1.29, 1.82) is 0 Å². The number of nitrogens with zero attached hydrogens (tertiary/aromatic N) is 1. The third-order valence-electron chi connectivity index (χ3n) is 2.76. The first-order valence-corrected chi connectivity index (χ1v) is 6.42. The van der Waals surface area contributed by atoms with Gasteiger partial charge in [0, 0.05) is 25.8 Å². The van der Waals surface area contributed by atoms with Crippen LogP contribution in [-0.4, -0.2) is 31.4 Å². The molecule has 1 amide bonds. The quantitative estimate of drug-likeness (QED) is 0.908. The number of carbonyl (C=O) groups is 1. The van der Waals surface area contributed by atoms with E-state index in [9.17, 15) is 4.79 Å². The van der Waals surface area contributed by atoms with Crippen molar-refractivity contribution >= 4 is 11.6 Å². The maximum absolute atomic E-state index is 11.5. The van der Waals surface area contributed by atoms with Crippen LogP contribution in [0.3, 0.4) is 0 Å². The number of carbonyl (C=O) groups excluding carboxylic acids is 1. The van der Waals surface area contributed by atoms with Gasteiger partial charge in [-0.2, -0.15) is 0 Å². The molecule has 0 aliphatic rings. The number of anilines is 1. The van der Waals surface area contributed by atoms with Gasteiger partial charge in [0.2, 0.25) is 5.91 Å². The molecule has 0 aliphatic heterocycles. The van der Waals surface area contributed by atoms with Gasteiger partial charge in [-0.3, -0.25) is 4.79 Å². The van der Waals surface area contributed by atoms with Gasteiger partial charge in [0.25, 0.3) is 0 Å². The number of hydrogen-bond acceptors (Lipinski definition) is 3. The molecule has 2 rings (SSSR count). The maximum Gasteiger partial charge on any atom is 0.241 e. The Morgan fingerprint density at radius 1 is 1.05 bits per heavy atom. The second-order valence-corrected chi connectivity index (χ2v) is 4.58. The van der Waals surface area contributed by atoms with E-state index in [1.807, 2.05) is 54.6 Å². The van der Waals surface area contributed by atoms with Crippen molar-refractivity contribution in [2.24, 2.45) is 0 Å². The van der Waals surface area contributed by atoms with Gasteiger partial charge in [-0.05, 0) is 24.3 Å². The van der Waals surface area contributed by atoms with Gasteiger partial charge in [0.15, 0.2) is 0 Å². The van der Waals surface area contributed by atoms with E-state index >= 15 is 0 Å². The fraction of sp³-hybridized carbons (Fsp3) is 0.188. The molecular formula is C16H18N2O2. The maximum atomic E-state index is 11.5. The van der Waals surface area contributed by atoms with Gasteiger partial charge in [-0.25, -0.2) is 0 Å². The molecule has 4 nitrogen and oxygen atoms in total. The Morgan fingerprint density at radius 3 is 2.45 bits per heavy atom. The number of para-hydroxylation sites is 1. The highest BCUT2D eigenvalue weighted by Crippen LogP contribution is 2.23. The topological polar surface area (TPSA) is 41.6 Å². The van der Waals surface area contributed by atoms with Crippen molar-refractivity contribution in [3.05, 3.63) is 54.6 Å². The van der Waals surface area contributed by atoms with Crippen LogP contribution in [-0.2, 0) is 4.79 Å². The van der Waals surface area contributed by atoms with E-state index in [2.05, 4.69) is 5.32 Å². The standard InChI is InChI=1S/C16H18N2O2/c1-18(2)16(19)12-17-13-7-6-10-15(11-13)20-14-8-4-3-5-9-14/h3-11,17H,12H2,1-2H3. The fourth-order valence-electron chi connectivity index (χ4n) is 1.63. The van der Waals surface area contributed by atoms with Crippen molar-refractivity contribution in [3.63, 3.8) is 0 Å². The molecule has 2 aromatic rings. The molecule has 0 aromatic heterocycles. The molecule has 1 N–H and O–H groups in total. The summed E-state index contributed by atoms with van der Waals surface area (Å²) in [4.78, 5) is 13.1. The second kappa shape index (κ2) is 6.61. The molecule has 20 heavy (non-hydrogen) atoms. The van der Waals surface area contributed by atoms with Crippen molar-refractivity contribution in [2.45, 2.75) is 0 Å². The Kier molecular flexibility index (Phi) is 4.60. The number of ether oxygens (including phenoxy) is 1. The lowest BCUT2D eigenvalue weighted by Crippen LogP contribution is -2.28. The van der Waals surface area contributed by atoms with Gasteiger partial charge in [-0.15, -0.1) is 0 Å². The van der Waals surface area contributed by atoms with E-state index in [-0.39, 0.29) is 12.5 Å². The molecule has 104 valence electrons. The molecule has 0 fully saturated rings. The molecule has 4 heteroatoms. The molecule has 0 unspecified atom stereocenters. The molecule has 0 saturated carbocycles. The smallest absolute Gasteiger partial charge is 0.241 e. The predicted octanol–water partition coefficient (Wildman–Crippen LogP) is 2.98. The van der Waals surface area contributed by atoms with Crippen molar-refractivity contribution < 1.29 is 9.53 Å².